The van der Waals surface area contributed by atoms with Gasteiger partial charge in [-0.1, -0.05) is 66.5 Å². The predicted molar refractivity (Wildman–Crippen MR) is 201 cm³/mol. The Kier molecular flexibility index (Phi) is 8.11. The number of hydrogen-bond donors (Lipinski definition) is 0. The summed E-state index contributed by atoms with van der Waals surface area (Å²) in [6, 6.07) is 17.1. The zero-order valence-electron chi connectivity index (χ0n) is 29.6. The number of carbonyl (C=O) groups is 1. The van der Waals surface area contributed by atoms with Crippen molar-refractivity contribution < 1.29 is 14.3 Å². The molecule has 2 atom stereocenters. The Labute approximate surface area is 309 Å². The molecule has 264 valence electrons. The van der Waals surface area contributed by atoms with Crippen molar-refractivity contribution in [2.75, 3.05) is 53.5 Å². The number of pyridine rings is 2. The molecule has 0 radical (unpaired) electrons. The van der Waals surface area contributed by atoms with Gasteiger partial charge in [0.1, 0.15) is 0 Å². The molecular formula is C41H43Cl2N5O3. The molecule has 2 aliphatic carbocycles. The molecule has 5 aliphatic rings. The summed E-state index contributed by atoms with van der Waals surface area (Å²) in [5.41, 5.74) is 10.2. The zero-order chi connectivity index (χ0) is 35.2. The highest BCUT2D eigenvalue weighted by Gasteiger charge is 2.55. The first-order valence-electron chi connectivity index (χ1n) is 18.1. The van der Waals surface area contributed by atoms with E-state index in [0.717, 1.165) is 105 Å². The second-order valence-electron chi connectivity index (χ2n) is 15.5. The normalized spacial score (nSPS) is 22.3. The minimum atomic E-state index is 0.170. The second kappa shape index (κ2) is 12.5. The highest BCUT2D eigenvalue weighted by Crippen LogP contribution is 2.51. The van der Waals surface area contributed by atoms with Crippen molar-refractivity contribution in [1.82, 2.24) is 24.7 Å². The van der Waals surface area contributed by atoms with E-state index in [1.807, 2.05) is 41.3 Å². The van der Waals surface area contributed by atoms with Gasteiger partial charge >= 0.3 is 0 Å². The first kappa shape index (κ1) is 33.2. The second-order valence-corrected chi connectivity index (χ2v) is 16.2. The van der Waals surface area contributed by atoms with E-state index in [1.165, 1.54) is 22.3 Å². The van der Waals surface area contributed by atoms with E-state index in [9.17, 15) is 4.79 Å². The average Bonchev–Trinajstić information content (AvgIpc) is 3.69. The Morgan fingerprint density at radius 3 is 1.67 bits per heavy atom. The lowest BCUT2D eigenvalue weighted by molar-refractivity contribution is -0.161. The zero-order valence-corrected chi connectivity index (χ0v) is 31.2. The van der Waals surface area contributed by atoms with Gasteiger partial charge in [0.05, 0.1) is 35.7 Å². The number of aromatic nitrogens is 2. The smallest absolute Gasteiger partial charge is 0.219 e. The maximum atomic E-state index is 11.8. The Morgan fingerprint density at radius 2 is 1.22 bits per heavy atom. The fraction of sp³-hybridized carbons (Fsp3) is 0.439. The summed E-state index contributed by atoms with van der Waals surface area (Å²) in [7, 11) is 3.41. The lowest BCUT2D eigenvalue weighted by Crippen LogP contribution is -2.72. The standard InChI is InChI=1S/C41H43Cl2N5O3/c1-23-17-46(18-23)33-13-11-25-15-31(44-39(50-3)35(25)33)29-9-5-7-27(37(29)42)28-8-6-10-30(38(28)43)32-16-26-12-14-34(36(26)40(45-32)51-4)48-21-41(22-48)19-47(20-41)24(2)49/h5-10,15-16,23,33-34H,11-14,17-22H2,1-4H3/t33-,34+/m0/s1. The van der Waals surface area contributed by atoms with Gasteiger partial charge in [0.25, 0.3) is 0 Å². The van der Waals surface area contributed by atoms with Crippen LogP contribution in [0.4, 0.5) is 0 Å². The van der Waals surface area contributed by atoms with Crippen LogP contribution in [0.15, 0.2) is 48.5 Å². The maximum absolute atomic E-state index is 11.8. The summed E-state index contributed by atoms with van der Waals surface area (Å²) in [5, 5.41) is 1.20. The highest BCUT2D eigenvalue weighted by molar-refractivity contribution is 6.39. The number of fused-ring (bicyclic) bond motifs is 2. The van der Waals surface area contributed by atoms with Crippen LogP contribution >= 0.6 is 23.2 Å². The number of rotatable bonds is 7. The summed E-state index contributed by atoms with van der Waals surface area (Å²) in [6.07, 6.45) is 4.06. The minimum Gasteiger partial charge on any atom is -0.481 e. The Morgan fingerprint density at radius 1 is 0.745 bits per heavy atom. The summed E-state index contributed by atoms with van der Waals surface area (Å²) in [4.78, 5) is 28.9. The van der Waals surface area contributed by atoms with Gasteiger partial charge in [-0.2, -0.15) is 0 Å². The van der Waals surface area contributed by atoms with Gasteiger partial charge in [0, 0.05) is 97.1 Å². The molecule has 3 fully saturated rings. The molecule has 51 heavy (non-hydrogen) atoms. The van der Waals surface area contributed by atoms with E-state index in [-0.39, 0.29) is 17.4 Å². The number of aryl methyl sites for hydroxylation is 2. The summed E-state index contributed by atoms with van der Waals surface area (Å²) < 4.78 is 11.9. The van der Waals surface area contributed by atoms with E-state index in [2.05, 4.69) is 28.9 Å². The third-order valence-electron chi connectivity index (χ3n) is 12.0. The van der Waals surface area contributed by atoms with Gasteiger partial charge in [-0.25, -0.2) is 9.97 Å². The first-order valence-corrected chi connectivity index (χ1v) is 18.9. The summed E-state index contributed by atoms with van der Waals surface area (Å²) in [5.74, 6) is 2.27. The number of likely N-dealkylation sites (tertiary alicyclic amines) is 3. The highest BCUT2D eigenvalue weighted by atomic mass is 35.5. The van der Waals surface area contributed by atoms with Crippen LogP contribution in [0.2, 0.25) is 10.0 Å². The van der Waals surface area contributed by atoms with Crippen LogP contribution < -0.4 is 9.47 Å². The van der Waals surface area contributed by atoms with Crippen LogP contribution in [-0.2, 0) is 17.6 Å². The van der Waals surface area contributed by atoms with Crippen LogP contribution in [0.3, 0.4) is 0 Å². The maximum Gasteiger partial charge on any atom is 0.219 e. The fourth-order valence-corrected chi connectivity index (χ4v) is 10.2. The Bertz CT molecular complexity index is 2070. The molecule has 4 aromatic rings. The van der Waals surface area contributed by atoms with Gasteiger partial charge in [-0.15, -0.1) is 0 Å². The largest absolute Gasteiger partial charge is 0.481 e. The molecule has 1 amide bonds. The number of hydrogen-bond acceptors (Lipinski definition) is 7. The van der Waals surface area contributed by atoms with Gasteiger partial charge in [0.2, 0.25) is 17.7 Å². The number of halogens is 2. The van der Waals surface area contributed by atoms with Crippen molar-refractivity contribution in [2.24, 2.45) is 11.3 Å². The molecule has 0 bridgehead atoms. The molecule has 10 heteroatoms. The lowest BCUT2D eigenvalue weighted by atomic mass is 9.72. The number of nitrogens with zero attached hydrogens (tertiary/aromatic N) is 5. The van der Waals surface area contributed by atoms with Crippen molar-refractivity contribution in [2.45, 2.75) is 51.6 Å². The van der Waals surface area contributed by atoms with Crippen LogP contribution in [0.25, 0.3) is 33.6 Å². The van der Waals surface area contributed by atoms with E-state index in [1.54, 1.807) is 21.1 Å². The van der Waals surface area contributed by atoms with Gasteiger partial charge < -0.3 is 14.4 Å². The molecule has 2 aromatic carbocycles. The molecule has 2 aromatic heterocycles. The number of methoxy groups -OCH3 is 2. The third-order valence-corrected chi connectivity index (χ3v) is 12.8. The van der Waals surface area contributed by atoms with E-state index in [4.69, 9.17) is 42.6 Å². The Hall–Kier alpha value is -3.69. The molecule has 8 nitrogen and oxygen atoms in total. The van der Waals surface area contributed by atoms with Crippen LogP contribution in [0.5, 0.6) is 11.8 Å². The van der Waals surface area contributed by atoms with Gasteiger partial charge in [0.15, 0.2) is 0 Å². The van der Waals surface area contributed by atoms with Crippen molar-refractivity contribution in [3.8, 4) is 45.4 Å². The fourth-order valence-electron chi connectivity index (χ4n) is 9.58. The van der Waals surface area contributed by atoms with E-state index in [0.29, 0.717) is 27.8 Å². The molecule has 0 unspecified atom stereocenters. The van der Waals surface area contributed by atoms with Crippen LogP contribution in [0.1, 0.15) is 61.0 Å². The number of amides is 1. The Balaban J connectivity index is 1.01. The number of benzene rings is 2. The quantitative estimate of drug-likeness (QED) is 0.192. The predicted octanol–water partition coefficient (Wildman–Crippen LogP) is 7.89. The van der Waals surface area contributed by atoms with Crippen molar-refractivity contribution in [1.29, 1.82) is 0 Å². The molecular weight excluding hydrogens is 681 g/mol. The summed E-state index contributed by atoms with van der Waals surface area (Å²) >= 11 is 14.5. The van der Waals surface area contributed by atoms with Gasteiger partial charge in [-0.05, 0) is 54.9 Å². The van der Waals surface area contributed by atoms with Crippen molar-refractivity contribution in [3.63, 3.8) is 0 Å². The van der Waals surface area contributed by atoms with Crippen molar-refractivity contribution in [3.05, 3.63) is 80.8 Å². The van der Waals surface area contributed by atoms with Gasteiger partial charge in [-0.3, -0.25) is 14.6 Å². The molecule has 1 spiro atoms. The monoisotopic (exact) mass is 723 g/mol. The summed E-state index contributed by atoms with van der Waals surface area (Å²) in [6.45, 7) is 9.96. The molecule has 9 rings (SSSR count). The van der Waals surface area contributed by atoms with Crippen molar-refractivity contribution >= 4 is 29.1 Å². The van der Waals surface area contributed by atoms with E-state index >= 15 is 0 Å². The molecule has 3 saturated heterocycles. The number of ether oxygens (including phenoxy) is 2. The molecule has 3 aliphatic heterocycles. The topological polar surface area (TPSA) is 71.0 Å². The molecule has 5 heterocycles. The molecule has 0 saturated carbocycles. The third kappa shape index (κ3) is 5.35. The molecule has 0 N–H and O–H groups in total. The SMILES string of the molecule is COc1nc(-c2cccc(-c3cccc(-c4cc5c(c(OC)n4)[C@@H](N4CC(C)C4)CC5)c3Cl)c2Cl)cc2c1[C@H](N1CC3(CN(C(C)=O)C3)C1)CC2. The number of carbonyl (C=O) groups excluding carboxylic acids is 1. The average molecular weight is 725 g/mol. The van der Waals surface area contributed by atoms with E-state index < -0.39 is 0 Å². The van der Waals surface area contributed by atoms with Crippen LogP contribution in [-0.4, -0.2) is 84.1 Å². The lowest BCUT2D eigenvalue weighted by Gasteiger charge is -2.61. The van der Waals surface area contributed by atoms with Crippen LogP contribution in [0, 0.1) is 11.3 Å². The minimum absolute atomic E-state index is 0.170. The first-order chi connectivity index (χ1) is 24.7.